The molecule has 19 heavy (non-hydrogen) atoms. The minimum atomic E-state index is 0.0915. The van der Waals surface area contributed by atoms with Gasteiger partial charge in [0.2, 0.25) is 0 Å². The molecule has 0 aromatic carbocycles. The highest BCUT2D eigenvalue weighted by Gasteiger charge is 2.08. The fourth-order valence-corrected chi connectivity index (χ4v) is 1.68. The highest BCUT2D eigenvalue weighted by atomic mass is 16.3. The van der Waals surface area contributed by atoms with Crippen LogP contribution in [0, 0.1) is 0 Å². The molecule has 0 saturated heterocycles. The molecule has 0 radical (unpaired) electrons. The Hall–Kier alpha value is -2.21. The Morgan fingerprint density at radius 2 is 2.00 bits per heavy atom. The van der Waals surface area contributed by atoms with Crippen molar-refractivity contribution >= 4 is 17.3 Å². The van der Waals surface area contributed by atoms with Gasteiger partial charge in [-0.3, -0.25) is 4.98 Å². The first-order valence-corrected chi connectivity index (χ1v) is 6.00. The Bertz CT molecular complexity index is 519. The monoisotopic (exact) mass is 259 g/mol. The van der Waals surface area contributed by atoms with Crippen molar-refractivity contribution in [3.05, 3.63) is 36.9 Å². The van der Waals surface area contributed by atoms with E-state index in [4.69, 9.17) is 5.11 Å². The lowest BCUT2D eigenvalue weighted by molar-refractivity contribution is 0.304. The van der Waals surface area contributed by atoms with Crippen molar-refractivity contribution in [3.8, 4) is 0 Å². The maximum Gasteiger partial charge on any atom is 0.138 e. The predicted octanol–water partition coefficient (Wildman–Crippen LogP) is 1.07. The van der Waals surface area contributed by atoms with Gasteiger partial charge >= 0.3 is 0 Å². The fourth-order valence-electron chi connectivity index (χ4n) is 1.68. The Kier molecular flexibility index (Phi) is 4.25. The van der Waals surface area contributed by atoms with E-state index in [-0.39, 0.29) is 6.61 Å². The molecule has 0 spiro atoms. The predicted molar refractivity (Wildman–Crippen MR) is 74.7 cm³/mol. The van der Waals surface area contributed by atoms with Crippen LogP contribution in [0.15, 0.2) is 36.9 Å². The van der Waals surface area contributed by atoms with Gasteiger partial charge in [0.05, 0.1) is 18.5 Å². The zero-order valence-electron chi connectivity index (χ0n) is 11.1. The number of nitrogens with zero attached hydrogens (tertiary/aromatic N) is 5. The van der Waals surface area contributed by atoms with E-state index in [2.05, 4.69) is 15.0 Å². The molecule has 2 aromatic rings. The van der Waals surface area contributed by atoms with E-state index in [0.29, 0.717) is 6.54 Å². The lowest BCUT2D eigenvalue weighted by atomic mass is 10.3. The molecule has 0 bridgehead atoms. The summed E-state index contributed by atoms with van der Waals surface area (Å²) in [5, 5.41) is 8.95. The quantitative estimate of drug-likeness (QED) is 0.866. The number of aliphatic hydroxyl groups is 1. The molecule has 0 aliphatic rings. The molecule has 100 valence electrons. The number of likely N-dealkylation sites (N-methyl/N-ethyl adjacent to an activating group) is 1. The van der Waals surface area contributed by atoms with Crippen molar-refractivity contribution in [1.82, 2.24) is 15.0 Å². The van der Waals surface area contributed by atoms with Crippen LogP contribution in [0.3, 0.4) is 0 Å². The first-order chi connectivity index (χ1) is 9.22. The van der Waals surface area contributed by atoms with Crippen molar-refractivity contribution < 1.29 is 5.11 Å². The second kappa shape index (κ2) is 6.10. The molecule has 0 aliphatic heterocycles. The van der Waals surface area contributed by atoms with Crippen LogP contribution >= 0.6 is 0 Å². The fraction of sp³-hybridized carbons (Fsp3) is 0.308. The van der Waals surface area contributed by atoms with E-state index in [0.717, 1.165) is 17.3 Å². The zero-order valence-corrected chi connectivity index (χ0v) is 11.1. The molecule has 2 rings (SSSR count). The maximum atomic E-state index is 8.95. The van der Waals surface area contributed by atoms with Crippen LogP contribution in [-0.4, -0.2) is 47.3 Å². The summed E-state index contributed by atoms with van der Waals surface area (Å²) in [6, 6.07) is 5.72. The molecule has 0 amide bonds. The topological polar surface area (TPSA) is 65.4 Å². The minimum Gasteiger partial charge on any atom is -0.395 e. The minimum absolute atomic E-state index is 0.0915. The Morgan fingerprint density at radius 3 is 2.68 bits per heavy atom. The third-order valence-corrected chi connectivity index (χ3v) is 2.84. The summed E-state index contributed by atoms with van der Waals surface area (Å²) in [4.78, 5) is 16.4. The summed E-state index contributed by atoms with van der Waals surface area (Å²) in [7, 11) is 3.81. The molecule has 2 heterocycles. The Morgan fingerprint density at radius 1 is 1.21 bits per heavy atom. The van der Waals surface area contributed by atoms with Crippen molar-refractivity contribution in [3.63, 3.8) is 0 Å². The van der Waals surface area contributed by atoms with Crippen molar-refractivity contribution in [1.29, 1.82) is 0 Å². The first-order valence-electron chi connectivity index (χ1n) is 6.00. The van der Waals surface area contributed by atoms with Gasteiger partial charge in [-0.25, -0.2) is 9.97 Å². The highest BCUT2D eigenvalue weighted by Crippen LogP contribution is 2.22. The average Bonchev–Trinajstić information content (AvgIpc) is 2.48. The standard InChI is InChI=1S/C13H17N5O/c1-17(6-7-19)12-8-13(16-10-15-12)18(2)11-4-3-5-14-9-11/h3-5,8-10,19H,6-7H2,1-2H3. The van der Waals surface area contributed by atoms with Crippen molar-refractivity contribution in [2.24, 2.45) is 0 Å². The van der Waals surface area contributed by atoms with Gasteiger partial charge < -0.3 is 14.9 Å². The second-order valence-corrected chi connectivity index (χ2v) is 4.15. The molecular formula is C13H17N5O. The molecule has 0 fully saturated rings. The number of aromatic nitrogens is 3. The summed E-state index contributed by atoms with van der Waals surface area (Å²) in [6.07, 6.45) is 5.03. The smallest absolute Gasteiger partial charge is 0.138 e. The van der Waals surface area contributed by atoms with Crippen LogP contribution in [0.5, 0.6) is 0 Å². The maximum absolute atomic E-state index is 8.95. The highest BCUT2D eigenvalue weighted by molar-refractivity contribution is 5.60. The van der Waals surface area contributed by atoms with Gasteiger partial charge in [-0.05, 0) is 12.1 Å². The molecule has 6 nitrogen and oxygen atoms in total. The number of anilines is 3. The Labute approximate surface area is 112 Å². The van der Waals surface area contributed by atoms with Crippen molar-refractivity contribution in [2.75, 3.05) is 37.0 Å². The van der Waals surface area contributed by atoms with Gasteiger partial charge in [-0.1, -0.05) is 0 Å². The van der Waals surface area contributed by atoms with Gasteiger partial charge in [0.1, 0.15) is 18.0 Å². The molecule has 2 aromatic heterocycles. The number of rotatable bonds is 5. The molecule has 0 atom stereocenters. The van der Waals surface area contributed by atoms with E-state index in [1.165, 1.54) is 6.33 Å². The lowest BCUT2D eigenvalue weighted by Crippen LogP contribution is -2.23. The SMILES string of the molecule is CN(CCO)c1cc(N(C)c2cccnc2)ncn1. The van der Waals surface area contributed by atoms with Gasteiger partial charge in [0.25, 0.3) is 0 Å². The van der Waals surface area contributed by atoms with Crippen LogP contribution in [0.1, 0.15) is 0 Å². The zero-order chi connectivity index (χ0) is 13.7. The largest absolute Gasteiger partial charge is 0.395 e. The number of aliphatic hydroxyl groups excluding tert-OH is 1. The lowest BCUT2D eigenvalue weighted by Gasteiger charge is -2.21. The van der Waals surface area contributed by atoms with Crippen molar-refractivity contribution in [2.45, 2.75) is 0 Å². The molecule has 0 saturated carbocycles. The van der Waals surface area contributed by atoms with Crippen LogP contribution < -0.4 is 9.80 Å². The van der Waals surface area contributed by atoms with Gasteiger partial charge in [-0.2, -0.15) is 0 Å². The van der Waals surface area contributed by atoms with E-state index in [1.807, 2.05) is 42.1 Å². The van der Waals surface area contributed by atoms with Crippen LogP contribution in [0.25, 0.3) is 0 Å². The van der Waals surface area contributed by atoms with Gasteiger partial charge in [0, 0.05) is 32.9 Å². The van der Waals surface area contributed by atoms with Crippen LogP contribution in [-0.2, 0) is 0 Å². The number of pyridine rings is 1. The van der Waals surface area contributed by atoms with Crippen LogP contribution in [0.4, 0.5) is 17.3 Å². The number of hydrogen-bond acceptors (Lipinski definition) is 6. The van der Waals surface area contributed by atoms with E-state index in [1.54, 1.807) is 12.4 Å². The average molecular weight is 259 g/mol. The summed E-state index contributed by atoms with van der Waals surface area (Å²) in [5.41, 5.74) is 0.956. The summed E-state index contributed by atoms with van der Waals surface area (Å²) < 4.78 is 0. The van der Waals surface area contributed by atoms with Gasteiger partial charge in [0.15, 0.2) is 0 Å². The van der Waals surface area contributed by atoms with Gasteiger partial charge in [-0.15, -0.1) is 0 Å². The molecule has 6 heteroatoms. The third kappa shape index (κ3) is 3.17. The summed E-state index contributed by atoms with van der Waals surface area (Å²) in [5.74, 6) is 1.55. The molecule has 0 aliphatic carbocycles. The van der Waals surface area contributed by atoms with Crippen LogP contribution in [0.2, 0.25) is 0 Å². The third-order valence-electron chi connectivity index (χ3n) is 2.84. The summed E-state index contributed by atoms with van der Waals surface area (Å²) >= 11 is 0. The normalized spacial score (nSPS) is 10.3. The van der Waals surface area contributed by atoms with E-state index < -0.39 is 0 Å². The summed E-state index contributed by atoms with van der Waals surface area (Å²) in [6.45, 7) is 0.626. The van der Waals surface area contributed by atoms with E-state index in [9.17, 15) is 0 Å². The molecule has 0 unspecified atom stereocenters. The Balaban J connectivity index is 2.23. The first kappa shape index (κ1) is 13.2. The molecular weight excluding hydrogens is 242 g/mol. The number of hydrogen-bond donors (Lipinski definition) is 1. The molecule has 1 N–H and O–H groups in total. The van der Waals surface area contributed by atoms with E-state index >= 15 is 0 Å². The second-order valence-electron chi connectivity index (χ2n) is 4.15.